The maximum Gasteiger partial charge on any atom is 0.225 e. The van der Waals surface area contributed by atoms with Crippen molar-refractivity contribution in [1.82, 2.24) is 20.0 Å². The zero-order valence-corrected chi connectivity index (χ0v) is 20.4. The molecule has 186 valence electrons. The van der Waals surface area contributed by atoms with E-state index in [4.69, 9.17) is 9.47 Å². The first-order valence-electron chi connectivity index (χ1n) is 12.5. The average molecular weight is 479 g/mol. The number of nitrogens with one attached hydrogen (secondary N) is 1. The molecule has 3 heterocycles. The Labute approximate surface area is 206 Å². The van der Waals surface area contributed by atoms with E-state index in [1.807, 2.05) is 12.1 Å². The van der Waals surface area contributed by atoms with Gasteiger partial charge in [-0.3, -0.25) is 19.5 Å². The SMILES string of the molecule is CC(=O)N(CCN1CCOCC1)c1nnc(NCCN2CCOCC2)c2cc3ccccc3cc12. The summed E-state index contributed by atoms with van der Waals surface area (Å²) in [6, 6.07) is 12.6. The second-order valence-electron chi connectivity index (χ2n) is 9.12. The molecule has 9 heteroatoms. The second kappa shape index (κ2) is 11.3. The van der Waals surface area contributed by atoms with Crippen molar-refractivity contribution in [2.75, 3.05) is 89.0 Å². The summed E-state index contributed by atoms with van der Waals surface area (Å²) >= 11 is 0. The lowest BCUT2D eigenvalue weighted by Crippen LogP contribution is -2.43. The number of benzene rings is 2. The van der Waals surface area contributed by atoms with Gasteiger partial charge in [0.2, 0.25) is 5.91 Å². The minimum absolute atomic E-state index is 0.0324. The summed E-state index contributed by atoms with van der Waals surface area (Å²) < 4.78 is 10.9. The van der Waals surface area contributed by atoms with Crippen LogP contribution in [0.2, 0.25) is 0 Å². The molecule has 2 aromatic carbocycles. The fourth-order valence-corrected chi connectivity index (χ4v) is 4.79. The second-order valence-corrected chi connectivity index (χ2v) is 9.12. The minimum atomic E-state index is -0.0324. The van der Waals surface area contributed by atoms with Gasteiger partial charge >= 0.3 is 0 Å². The molecule has 3 aromatic rings. The van der Waals surface area contributed by atoms with E-state index in [1.165, 1.54) is 0 Å². The van der Waals surface area contributed by atoms with Crippen molar-refractivity contribution in [1.29, 1.82) is 0 Å². The smallest absolute Gasteiger partial charge is 0.225 e. The topological polar surface area (TPSA) is 83.1 Å². The summed E-state index contributed by atoms with van der Waals surface area (Å²) in [7, 11) is 0. The van der Waals surface area contributed by atoms with Crippen molar-refractivity contribution in [3.63, 3.8) is 0 Å². The van der Waals surface area contributed by atoms with E-state index >= 15 is 0 Å². The first-order chi connectivity index (χ1) is 17.2. The third-order valence-electron chi connectivity index (χ3n) is 6.83. The molecule has 9 nitrogen and oxygen atoms in total. The third kappa shape index (κ3) is 5.70. The zero-order chi connectivity index (χ0) is 24.0. The molecule has 0 unspecified atom stereocenters. The van der Waals surface area contributed by atoms with E-state index < -0.39 is 0 Å². The quantitative estimate of drug-likeness (QED) is 0.494. The van der Waals surface area contributed by atoms with Crippen LogP contribution in [0.4, 0.5) is 11.6 Å². The summed E-state index contributed by atoms with van der Waals surface area (Å²) in [6.45, 7) is 11.3. The number of anilines is 2. The van der Waals surface area contributed by atoms with Gasteiger partial charge in [-0.15, -0.1) is 10.2 Å². The van der Waals surface area contributed by atoms with Crippen LogP contribution < -0.4 is 10.2 Å². The molecule has 2 fully saturated rings. The van der Waals surface area contributed by atoms with Gasteiger partial charge in [0.05, 0.1) is 26.4 Å². The van der Waals surface area contributed by atoms with Gasteiger partial charge in [0.15, 0.2) is 11.6 Å². The molecular weight excluding hydrogens is 444 g/mol. The Morgan fingerprint density at radius 1 is 0.914 bits per heavy atom. The lowest BCUT2D eigenvalue weighted by atomic mass is 10.0. The highest BCUT2D eigenvalue weighted by Gasteiger charge is 2.21. The molecule has 0 aliphatic carbocycles. The molecule has 1 amide bonds. The number of rotatable bonds is 8. The predicted molar refractivity (Wildman–Crippen MR) is 138 cm³/mol. The number of hydrogen-bond donors (Lipinski definition) is 1. The van der Waals surface area contributed by atoms with Crippen molar-refractivity contribution in [2.24, 2.45) is 0 Å². The van der Waals surface area contributed by atoms with E-state index in [0.717, 1.165) is 99.6 Å². The van der Waals surface area contributed by atoms with E-state index in [-0.39, 0.29) is 5.91 Å². The summed E-state index contributed by atoms with van der Waals surface area (Å²) in [5.41, 5.74) is 0. The van der Waals surface area contributed by atoms with Crippen LogP contribution in [-0.4, -0.2) is 105 Å². The number of morpholine rings is 2. The normalized spacial score (nSPS) is 17.6. The van der Waals surface area contributed by atoms with Crippen molar-refractivity contribution in [2.45, 2.75) is 6.92 Å². The molecule has 2 saturated heterocycles. The lowest BCUT2D eigenvalue weighted by molar-refractivity contribution is -0.116. The molecule has 0 spiro atoms. The van der Waals surface area contributed by atoms with Crippen LogP contribution in [0.15, 0.2) is 36.4 Å². The number of amides is 1. The molecule has 1 N–H and O–H groups in total. The molecule has 0 saturated carbocycles. The average Bonchev–Trinajstić information content (AvgIpc) is 2.89. The minimum Gasteiger partial charge on any atom is -0.379 e. The van der Waals surface area contributed by atoms with Crippen LogP contribution in [0.1, 0.15) is 6.92 Å². The summed E-state index contributed by atoms with van der Waals surface area (Å²) in [6.07, 6.45) is 0. The number of fused-ring (bicyclic) bond motifs is 2. The lowest BCUT2D eigenvalue weighted by Gasteiger charge is -2.29. The number of nitrogens with zero attached hydrogens (tertiary/aromatic N) is 5. The largest absolute Gasteiger partial charge is 0.379 e. The molecule has 0 bridgehead atoms. The van der Waals surface area contributed by atoms with Gasteiger partial charge in [-0.1, -0.05) is 24.3 Å². The summed E-state index contributed by atoms with van der Waals surface area (Å²) in [5.74, 6) is 1.33. The van der Waals surface area contributed by atoms with Gasteiger partial charge < -0.3 is 14.8 Å². The van der Waals surface area contributed by atoms with Crippen molar-refractivity contribution >= 4 is 39.1 Å². The molecule has 0 atom stereocenters. The van der Waals surface area contributed by atoms with Crippen LogP contribution in [0.25, 0.3) is 21.5 Å². The fourth-order valence-electron chi connectivity index (χ4n) is 4.79. The molecule has 5 rings (SSSR count). The van der Waals surface area contributed by atoms with E-state index in [9.17, 15) is 4.79 Å². The molecule has 35 heavy (non-hydrogen) atoms. The standard InChI is InChI=1S/C26H34N6O3/c1-20(33)32(9-8-31-12-16-35-17-13-31)26-24-19-22-5-3-2-4-21(22)18-23(24)25(28-29-26)27-6-7-30-10-14-34-15-11-30/h2-5,18-19H,6-17H2,1H3,(H,27,28). The number of carbonyl (C=O) groups excluding carboxylic acids is 1. The van der Waals surface area contributed by atoms with Gasteiger partial charge in [-0.2, -0.15) is 0 Å². The highest BCUT2D eigenvalue weighted by molar-refractivity contribution is 6.09. The van der Waals surface area contributed by atoms with Crippen molar-refractivity contribution < 1.29 is 14.3 Å². The number of carbonyl (C=O) groups is 1. The molecule has 2 aliphatic rings. The van der Waals surface area contributed by atoms with Gasteiger partial charge in [0.1, 0.15) is 0 Å². The van der Waals surface area contributed by atoms with Crippen molar-refractivity contribution in [3.05, 3.63) is 36.4 Å². The van der Waals surface area contributed by atoms with Crippen molar-refractivity contribution in [3.8, 4) is 0 Å². The number of aromatic nitrogens is 2. The molecule has 0 radical (unpaired) electrons. The number of hydrogen-bond acceptors (Lipinski definition) is 8. The highest BCUT2D eigenvalue weighted by atomic mass is 16.5. The van der Waals surface area contributed by atoms with Crippen LogP contribution in [-0.2, 0) is 14.3 Å². The molecule has 1 aromatic heterocycles. The van der Waals surface area contributed by atoms with Gasteiger partial charge in [-0.25, -0.2) is 0 Å². The van der Waals surface area contributed by atoms with Gasteiger partial charge in [0.25, 0.3) is 0 Å². The highest BCUT2D eigenvalue weighted by Crippen LogP contribution is 2.32. The van der Waals surface area contributed by atoms with E-state index in [1.54, 1.807) is 11.8 Å². The number of ether oxygens (including phenoxy) is 2. The molecule has 2 aliphatic heterocycles. The summed E-state index contributed by atoms with van der Waals surface area (Å²) in [4.78, 5) is 19.2. The van der Waals surface area contributed by atoms with Crippen LogP contribution in [0.5, 0.6) is 0 Å². The van der Waals surface area contributed by atoms with E-state index in [2.05, 4.69) is 49.6 Å². The monoisotopic (exact) mass is 478 g/mol. The Morgan fingerprint density at radius 3 is 2.14 bits per heavy atom. The zero-order valence-electron chi connectivity index (χ0n) is 20.4. The van der Waals surface area contributed by atoms with Crippen LogP contribution in [0.3, 0.4) is 0 Å². The Bertz CT molecular complexity index is 1160. The maximum atomic E-state index is 12.7. The maximum absolute atomic E-state index is 12.7. The summed E-state index contributed by atoms with van der Waals surface area (Å²) in [5, 5.41) is 16.8. The predicted octanol–water partition coefficient (Wildman–Crippen LogP) is 2.21. The van der Waals surface area contributed by atoms with Gasteiger partial charge in [-0.05, 0) is 22.9 Å². The Hall–Kier alpha value is -2.85. The fraction of sp³-hybridized carbons (Fsp3) is 0.500. The Kier molecular flexibility index (Phi) is 7.68. The first kappa shape index (κ1) is 23.9. The van der Waals surface area contributed by atoms with Crippen LogP contribution in [0, 0.1) is 0 Å². The Balaban J connectivity index is 1.44. The third-order valence-corrected chi connectivity index (χ3v) is 6.83. The van der Waals surface area contributed by atoms with Gasteiger partial charge in [0, 0.05) is 70.1 Å². The van der Waals surface area contributed by atoms with E-state index in [0.29, 0.717) is 12.4 Å². The Morgan fingerprint density at radius 2 is 1.51 bits per heavy atom. The first-order valence-corrected chi connectivity index (χ1v) is 12.5. The molecular formula is C26H34N6O3. The van der Waals surface area contributed by atoms with Crippen LogP contribution >= 0.6 is 0 Å².